The van der Waals surface area contributed by atoms with Crippen molar-refractivity contribution >= 4 is 17.5 Å². The highest BCUT2D eigenvalue weighted by Crippen LogP contribution is 2.28. The van der Waals surface area contributed by atoms with Crippen LogP contribution in [0.3, 0.4) is 0 Å². The van der Waals surface area contributed by atoms with Gasteiger partial charge in [-0.15, -0.1) is 0 Å². The van der Waals surface area contributed by atoms with Crippen molar-refractivity contribution in [2.24, 2.45) is 5.92 Å². The fourth-order valence-electron chi connectivity index (χ4n) is 3.51. The first kappa shape index (κ1) is 19.6. The van der Waals surface area contributed by atoms with E-state index in [1.165, 1.54) is 0 Å². The zero-order chi connectivity index (χ0) is 20.9. The van der Waals surface area contributed by atoms with Crippen LogP contribution < -0.4 is 15.0 Å². The van der Waals surface area contributed by atoms with E-state index in [9.17, 15) is 9.59 Å². The third-order valence-corrected chi connectivity index (χ3v) is 5.12. The second kappa shape index (κ2) is 8.77. The zero-order valence-corrected chi connectivity index (χ0v) is 16.7. The Balaban J connectivity index is 1.29. The molecule has 0 bridgehead atoms. The highest BCUT2D eigenvalue weighted by Gasteiger charge is 2.35. The van der Waals surface area contributed by atoms with E-state index in [-0.39, 0.29) is 24.2 Å². The van der Waals surface area contributed by atoms with Gasteiger partial charge in [0.15, 0.2) is 0 Å². The van der Waals surface area contributed by atoms with Crippen LogP contribution >= 0.6 is 0 Å². The molecule has 0 unspecified atom stereocenters. The van der Waals surface area contributed by atoms with E-state index in [1.807, 2.05) is 42.6 Å². The van der Waals surface area contributed by atoms with Crippen molar-refractivity contribution in [3.05, 3.63) is 61.1 Å². The summed E-state index contributed by atoms with van der Waals surface area (Å²) in [4.78, 5) is 30.6. The van der Waals surface area contributed by atoms with Crippen LogP contribution in [0.15, 0.2) is 61.1 Å². The van der Waals surface area contributed by atoms with Crippen molar-refractivity contribution in [1.29, 1.82) is 0 Å². The molecular weight excluding hydrogens is 382 g/mol. The Labute approximate surface area is 174 Å². The number of nitrogens with one attached hydrogen (secondary N) is 1. The summed E-state index contributed by atoms with van der Waals surface area (Å²) in [5, 5.41) is 7.44. The number of ether oxygens (including phenoxy) is 1. The number of hydrogen-bond acceptors (Lipinski definition) is 5. The number of anilines is 1. The second-order valence-electron chi connectivity index (χ2n) is 7.10. The molecule has 8 nitrogen and oxygen atoms in total. The maximum absolute atomic E-state index is 12.6. The van der Waals surface area contributed by atoms with Crippen LogP contribution in [0.1, 0.15) is 6.42 Å². The summed E-state index contributed by atoms with van der Waals surface area (Å²) >= 11 is 0. The molecule has 0 radical (unpaired) electrons. The molecule has 4 rings (SSSR count). The largest absolute Gasteiger partial charge is 0.497 e. The number of benzene rings is 1. The van der Waals surface area contributed by atoms with Gasteiger partial charge in [0.25, 0.3) is 0 Å². The fourth-order valence-corrected chi connectivity index (χ4v) is 3.51. The van der Waals surface area contributed by atoms with Gasteiger partial charge in [-0.3, -0.25) is 19.3 Å². The highest BCUT2D eigenvalue weighted by atomic mass is 16.5. The predicted octanol–water partition coefficient (Wildman–Crippen LogP) is 2.12. The Hall–Kier alpha value is -3.68. The molecule has 1 aliphatic rings. The van der Waals surface area contributed by atoms with Gasteiger partial charge in [-0.25, -0.2) is 0 Å². The Morgan fingerprint density at radius 2 is 2.07 bits per heavy atom. The number of pyridine rings is 1. The average Bonchev–Trinajstić information content (AvgIpc) is 3.41. The summed E-state index contributed by atoms with van der Waals surface area (Å²) in [5.74, 6) is 0.139. The van der Waals surface area contributed by atoms with Crippen molar-refractivity contribution in [3.8, 4) is 17.0 Å². The Morgan fingerprint density at radius 3 is 2.87 bits per heavy atom. The first-order valence-electron chi connectivity index (χ1n) is 9.80. The summed E-state index contributed by atoms with van der Waals surface area (Å²) in [6, 6.07) is 13.0. The predicted molar refractivity (Wildman–Crippen MR) is 112 cm³/mol. The molecule has 154 valence electrons. The molecule has 3 heterocycles. The van der Waals surface area contributed by atoms with Crippen LogP contribution in [0, 0.1) is 5.92 Å². The van der Waals surface area contributed by atoms with Gasteiger partial charge in [0.1, 0.15) is 5.75 Å². The number of methoxy groups -OCH3 is 1. The van der Waals surface area contributed by atoms with Gasteiger partial charge in [0, 0.05) is 55.4 Å². The standard InChI is InChI=1S/C22H23N5O3/c1-30-19-4-2-3-18(14-19)27-15-17(13-21(27)28)22(29)24-10-12-26-11-7-20(25-26)16-5-8-23-9-6-16/h2-9,11,14,17H,10,12-13,15H2,1H3,(H,24,29)/t17-/m0/s1. The van der Waals surface area contributed by atoms with Gasteiger partial charge in [0.05, 0.1) is 25.3 Å². The number of carbonyl (C=O) groups is 2. The molecule has 1 N–H and O–H groups in total. The summed E-state index contributed by atoms with van der Waals surface area (Å²) < 4.78 is 7.01. The van der Waals surface area contributed by atoms with Gasteiger partial charge < -0.3 is 15.0 Å². The lowest BCUT2D eigenvalue weighted by molar-refractivity contribution is -0.126. The number of carbonyl (C=O) groups excluding carboxylic acids is 2. The molecule has 1 atom stereocenters. The number of rotatable bonds is 7. The normalized spacial score (nSPS) is 16.0. The highest BCUT2D eigenvalue weighted by molar-refractivity contribution is 6.00. The third kappa shape index (κ3) is 4.32. The van der Waals surface area contributed by atoms with Crippen molar-refractivity contribution < 1.29 is 14.3 Å². The molecule has 1 saturated heterocycles. The van der Waals surface area contributed by atoms with Crippen molar-refractivity contribution in [3.63, 3.8) is 0 Å². The fraction of sp³-hybridized carbons (Fsp3) is 0.273. The lowest BCUT2D eigenvalue weighted by Gasteiger charge is -2.17. The lowest BCUT2D eigenvalue weighted by Crippen LogP contribution is -2.34. The minimum Gasteiger partial charge on any atom is -0.497 e. The van der Waals surface area contributed by atoms with Gasteiger partial charge in [0.2, 0.25) is 11.8 Å². The minimum atomic E-state index is -0.367. The van der Waals surface area contributed by atoms with E-state index in [4.69, 9.17) is 4.74 Å². The molecule has 1 fully saturated rings. The molecule has 30 heavy (non-hydrogen) atoms. The maximum atomic E-state index is 12.6. The number of aromatic nitrogens is 3. The topological polar surface area (TPSA) is 89.3 Å². The Bertz CT molecular complexity index is 1030. The van der Waals surface area contributed by atoms with Crippen molar-refractivity contribution in [2.45, 2.75) is 13.0 Å². The van der Waals surface area contributed by atoms with Gasteiger partial charge in [-0.05, 0) is 30.3 Å². The first-order valence-corrected chi connectivity index (χ1v) is 9.80. The monoisotopic (exact) mass is 405 g/mol. The van der Waals surface area contributed by atoms with Crippen LogP contribution in [-0.2, 0) is 16.1 Å². The van der Waals surface area contributed by atoms with Gasteiger partial charge in [-0.2, -0.15) is 5.10 Å². The van der Waals surface area contributed by atoms with Crippen LogP contribution in [0.5, 0.6) is 5.75 Å². The van der Waals surface area contributed by atoms with Crippen molar-refractivity contribution in [1.82, 2.24) is 20.1 Å². The molecule has 2 aromatic heterocycles. The van der Waals surface area contributed by atoms with Crippen LogP contribution in [0.4, 0.5) is 5.69 Å². The average molecular weight is 405 g/mol. The van der Waals surface area contributed by atoms with E-state index in [1.54, 1.807) is 35.2 Å². The number of amides is 2. The van der Waals surface area contributed by atoms with Crippen LogP contribution in [0.2, 0.25) is 0 Å². The van der Waals surface area contributed by atoms with E-state index in [2.05, 4.69) is 15.4 Å². The lowest BCUT2D eigenvalue weighted by atomic mass is 10.1. The summed E-state index contributed by atoms with van der Waals surface area (Å²) in [6.45, 7) is 1.36. The molecule has 0 spiro atoms. The second-order valence-corrected chi connectivity index (χ2v) is 7.10. The molecule has 0 aliphatic carbocycles. The van der Waals surface area contributed by atoms with E-state index in [0.717, 1.165) is 16.9 Å². The van der Waals surface area contributed by atoms with Gasteiger partial charge in [-0.1, -0.05) is 6.07 Å². The zero-order valence-electron chi connectivity index (χ0n) is 16.7. The summed E-state index contributed by atoms with van der Waals surface area (Å²) in [7, 11) is 1.58. The molecule has 2 amide bonds. The number of nitrogens with zero attached hydrogens (tertiary/aromatic N) is 4. The SMILES string of the molecule is COc1cccc(N2C[C@@H](C(=O)NCCn3ccc(-c4ccncc4)n3)CC2=O)c1. The number of hydrogen-bond donors (Lipinski definition) is 1. The summed E-state index contributed by atoms with van der Waals surface area (Å²) in [5.41, 5.74) is 2.60. The smallest absolute Gasteiger partial charge is 0.227 e. The van der Waals surface area contributed by atoms with Crippen molar-refractivity contribution in [2.75, 3.05) is 25.1 Å². The van der Waals surface area contributed by atoms with Gasteiger partial charge >= 0.3 is 0 Å². The van der Waals surface area contributed by atoms with Crippen LogP contribution in [-0.4, -0.2) is 46.8 Å². The molecule has 1 aromatic carbocycles. The Morgan fingerprint density at radius 1 is 1.23 bits per heavy atom. The first-order chi connectivity index (χ1) is 14.6. The Kier molecular flexibility index (Phi) is 5.74. The molecule has 1 aliphatic heterocycles. The maximum Gasteiger partial charge on any atom is 0.227 e. The molecule has 3 aromatic rings. The molecule has 0 saturated carbocycles. The van der Waals surface area contributed by atoms with Crippen LogP contribution in [0.25, 0.3) is 11.3 Å². The van der Waals surface area contributed by atoms with E-state index < -0.39 is 0 Å². The quantitative estimate of drug-likeness (QED) is 0.650. The summed E-state index contributed by atoms with van der Waals surface area (Å²) in [6.07, 6.45) is 5.54. The molecular formula is C22H23N5O3. The van der Waals surface area contributed by atoms with E-state index in [0.29, 0.717) is 25.4 Å². The van der Waals surface area contributed by atoms with E-state index >= 15 is 0 Å². The minimum absolute atomic E-state index is 0.0579. The molecule has 8 heteroatoms. The third-order valence-electron chi connectivity index (χ3n) is 5.12.